The van der Waals surface area contributed by atoms with Crippen LogP contribution in [0.15, 0.2) is 6.20 Å². The summed E-state index contributed by atoms with van der Waals surface area (Å²) in [6.45, 7) is 7.81. The molecule has 0 aliphatic carbocycles. The minimum Gasteiger partial charge on any atom is -0.392 e. The molecule has 1 rings (SSSR count). The number of anilines is 1. The Kier molecular flexibility index (Phi) is 5.14. The van der Waals surface area contributed by atoms with E-state index in [0.717, 1.165) is 30.3 Å². The van der Waals surface area contributed by atoms with E-state index >= 15 is 0 Å². The Balaban J connectivity index is 2.24. The number of aliphatic hydroxyl groups is 1. The number of rotatable bonds is 6. The van der Waals surface area contributed by atoms with E-state index in [-0.39, 0.29) is 6.10 Å². The lowest BCUT2D eigenvalue weighted by Crippen LogP contribution is -2.29. The third-order valence-corrected chi connectivity index (χ3v) is 2.24. The summed E-state index contributed by atoms with van der Waals surface area (Å²) in [7, 11) is 0. The van der Waals surface area contributed by atoms with Gasteiger partial charge in [-0.2, -0.15) is 0 Å². The molecule has 0 saturated heterocycles. The van der Waals surface area contributed by atoms with Crippen molar-refractivity contribution in [2.75, 3.05) is 25.0 Å². The van der Waals surface area contributed by atoms with E-state index in [1.54, 1.807) is 13.1 Å². The molecule has 0 fully saturated rings. The zero-order valence-electron chi connectivity index (χ0n) is 10.1. The largest absolute Gasteiger partial charge is 0.392 e. The Morgan fingerprint density at radius 3 is 2.69 bits per heavy atom. The van der Waals surface area contributed by atoms with Gasteiger partial charge in [-0.15, -0.1) is 0 Å². The molecule has 1 aromatic heterocycles. The molecule has 0 bridgehead atoms. The molecule has 0 spiro atoms. The molecular formula is C11H20N4O. The van der Waals surface area contributed by atoms with Crippen molar-refractivity contribution in [2.45, 2.75) is 26.9 Å². The van der Waals surface area contributed by atoms with Gasteiger partial charge in [0.05, 0.1) is 23.7 Å². The van der Waals surface area contributed by atoms with Crippen molar-refractivity contribution in [3.8, 4) is 0 Å². The van der Waals surface area contributed by atoms with Gasteiger partial charge in [0.25, 0.3) is 0 Å². The van der Waals surface area contributed by atoms with Crippen LogP contribution in [-0.2, 0) is 0 Å². The van der Waals surface area contributed by atoms with E-state index in [2.05, 4.69) is 20.6 Å². The van der Waals surface area contributed by atoms with Crippen molar-refractivity contribution in [3.05, 3.63) is 17.6 Å². The fourth-order valence-electron chi connectivity index (χ4n) is 1.22. The van der Waals surface area contributed by atoms with Crippen molar-refractivity contribution in [3.63, 3.8) is 0 Å². The van der Waals surface area contributed by atoms with E-state index in [0.29, 0.717) is 6.54 Å². The summed E-state index contributed by atoms with van der Waals surface area (Å²) in [4.78, 5) is 8.58. The minimum absolute atomic E-state index is 0.304. The summed E-state index contributed by atoms with van der Waals surface area (Å²) in [5.74, 6) is 0.793. The lowest BCUT2D eigenvalue weighted by atomic mass is 10.3. The van der Waals surface area contributed by atoms with Crippen LogP contribution in [0.5, 0.6) is 0 Å². The quantitative estimate of drug-likeness (QED) is 0.613. The fourth-order valence-corrected chi connectivity index (χ4v) is 1.22. The second kappa shape index (κ2) is 6.40. The van der Waals surface area contributed by atoms with E-state index in [4.69, 9.17) is 5.11 Å². The van der Waals surface area contributed by atoms with Gasteiger partial charge in [-0.3, -0.25) is 4.98 Å². The van der Waals surface area contributed by atoms with Crippen LogP contribution in [0.2, 0.25) is 0 Å². The molecule has 0 saturated carbocycles. The summed E-state index contributed by atoms with van der Waals surface area (Å²) in [6.07, 6.45) is 1.43. The molecule has 5 heteroatoms. The van der Waals surface area contributed by atoms with Gasteiger partial charge < -0.3 is 15.7 Å². The average molecular weight is 224 g/mol. The summed E-state index contributed by atoms with van der Waals surface area (Å²) >= 11 is 0. The summed E-state index contributed by atoms with van der Waals surface area (Å²) in [6, 6.07) is 0. The monoisotopic (exact) mass is 224 g/mol. The Bertz CT molecular complexity index is 328. The number of nitrogens with zero attached hydrogens (tertiary/aromatic N) is 2. The van der Waals surface area contributed by atoms with Crippen molar-refractivity contribution in [1.82, 2.24) is 15.3 Å². The van der Waals surface area contributed by atoms with Crippen LogP contribution in [0.4, 0.5) is 5.82 Å². The molecule has 1 aromatic rings. The second-order valence-electron chi connectivity index (χ2n) is 3.91. The average Bonchev–Trinajstić information content (AvgIpc) is 2.22. The molecule has 1 heterocycles. The predicted molar refractivity (Wildman–Crippen MR) is 64.5 cm³/mol. The smallest absolute Gasteiger partial charge is 0.144 e. The third-order valence-electron chi connectivity index (χ3n) is 2.24. The van der Waals surface area contributed by atoms with Gasteiger partial charge in [0.2, 0.25) is 0 Å². The lowest BCUT2D eigenvalue weighted by Gasteiger charge is -2.09. The molecule has 0 radical (unpaired) electrons. The summed E-state index contributed by atoms with van der Waals surface area (Å²) in [5.41, 5.74) is 1.90. The van der Waals surface area contributed by atoms with Crippen LogP contribution in [0.25, 0.3) is 0 Å². The first-order chi connectivity index (χ1) is 7.59. The minimum atomic E-state index is -0.304. The highest BCUT2D eigenvalue weighted by Gasteiger charge is 1.98. The molecule has 5 nitrogen and oxygen atoms in total. The topological polar surface area (TPSA) is 70.1 Å². The molecule has 16 heavy (non-hydrogen) atoms. The van der Waals surface area contributed by atoms with Crippen LogP contribution >= 0.6 is 0 Å². The summed E-state index contributed by atoms with van der Waals surface area (Å²) in [5, 5.41) is 15.3. The van der Waals surface area contributed by atoms with Crippen LogP contribution in [-0.4, -0.2) is 40.8 Å². The van der Waals surface area contributed by atoms with Gasteiger partial charge in [-0.05, 0) is 20.8 Å². The van der Waals surface area contributed by atoms with Crippen molar-refractivity contribution in [2.24, 2.45) is 0 Å². The number of hydrogen-bond acceptors (Lipinski definition) is 5. The maximum Gasteiger partial charge on any atom is 0.144 e. The first-order valence-electron chi connectivity index (χ1n) is 5.52. The van der Waals surface area contributed by atoms with Crippen molar-refractivity contribution >= 4 is 5.82 Å². The number of aromatic nitrogens is 2. The molecule has 0 aliphatic rings. The van der Waals surface area contributed by atoms with E-state index in [1.807, 2.05) is 13.8 Å². The van der Waals surface area contributed by atoms with Crippen molar-refractivity contribution in [1.29, 1.82) is 0 Å². The number of hydrogen-bond donors (Lipinski definition) is 3. The van der Waals surface area contributed by atoms with E-state index in [9.17, 15) is 0 Å². The van der Waals surface area contributed by atoms with Gasteiger partial charge in [0, 0.05) is 19.6 Å². The van der Waals surface area contributed by atoms with Gasteiger partial charge in [-0.25, -0.2) is 4.98 Å². The number of nitrogens with one attached hydrogen (secondary N) is 2. The maximum atomic E-state index is 9.03. The first kappa shape index (κ1) is 12.9. The van der Waals surface area contributed by atoms with E-state index in [1.165, 1.54) is 0 Å². The number of aryl methyl sites for hydroxylation is 2. The Morgan fingerprint density at radius 1 is 1.31 bits per heavy atom. The van der Waals surface area contributed by atoms with Gasteiger partial charge >= 0.3 is 0 Å². The van der Waals surface area contributed by atoms with Gasteiger partial charge in [0.15, 0.2) is 0 Å². The molecule has 3 N–H and O–H groups in total. The Labute approximate surface area is 96.3 Å². The zero-order chi connectivity index (χ0) is 12.0. The Morgan fingerprint density at radius 2 is 2.06 bits per heavy atom. The second-order valence-corrected chi connectivity index (χ2v) is 3.91. The Hall–Kier alpha value is -1.20. The molecule has 0 aliphatic heterocycles. The summed E-state index contributed by atoms with van der Waals surface area (Å²) < 4.78 is 0. The molecular weight excluding hydrogens is 204 g/mol. The number of aliphatic hydroxyl groups excluding tert-OH is 1. The highest BCUT2D eigenvalue weighted by atomic mass is 16.3. The molecule has 0 aromatic carbocycles. The third kappa shape index (κ3) is 4.55. The highest BCUT2D eigenvalue weighted by Crippen LogP contribution is 2.04. The van der Waals surface area contributed by atoms with E-state index < -0.39 is 0 Å². The van der Waals surface area contributed by atoms with Gasteiger partial charge in [0.1, 0.15) is 5.82 Å². The normalized spacial score (nSPS) is 12.5. The zero-order valence-corrected chi connectivity index (χ0v) is 10.1. The fraction of sp³-hybridized carbons (Fsp3) is 0.636. The molecule has 90 valence electrons. The SMILES string of the molecule is Cc1ncc(NCCNCC(C)O)nc1C. The molecule has 0 amide bonds. The van der Waals surface area contributed by atoms with Crippen LogP contribution in [0.1, 0.15) is 18.3 Å². The molecule has 1 unspecified atom stereocenters. The van der Waals surface area contributed by atoms with Crippen molar-refractivity contribution < 1.29 is 5.11 Å². The van der Waals surface area contributed by atoms with Gasteiger partial charge in [-0.1, -0.05) is 0 Å². The maximum absolute atomic E-state index is 9.03. The van der Waals surface area contributed by atoms with Crippen LogP contribution in [0, 0.1) is 13.8 Å². The lowest BCUT2D eigenvalue weighted by molar-refractivity contribution is 0.192. The van der Waals surface area contributed by atoms with Crippen LogP contribution in [0.3, 0.4) is 0 Å². The predicted octanol–water partition coefficient (Wildman–Crippen LogP) is 0.476. The first-order valence-corrected chi connectivity index (χ1v) is 5.52. The standard InChI is InChI=1S/C11H20N4O/c1-8(16)6-12-4-5-13-11-7-14-9(2)10(3)15-11/h7-8,12,16H,4-6H2,1-3H3,(H,13,15). The highest BCUT2D eigenvalue weighted by molar-refractivity contribution is 5.33. The molecule has 1 atom stereocenters. The van der Waals surface area contributed by atoms with Crippen LogP contribution < -0.4 is 10.6 Å².